The van der Waals surface area contributed by atoms with Crippen LogP contribution >= 0.6 is 0 Å². The molecule has 258 valence electrons. The fourth-order valence-electron chi connectivity index (χ4n) is 8.09. The van der Waals surface area contributed by atoms with Crippen LogP contribution in [0.25, 0.3) is 106 Å². The van der Waals surface area contributed by atoms with Crippen LogP contribution in [0.4, 0.5) is 0 Å². The molecule has 4 heteroatoms. The van der Waals surface area contributed by atoms with E-state index in [-0.39, 0.29) is 0 Å². The largest absolute Gasteiger partial charge is 0.453 e. The van der Waals surface area contributed by atoms with Crippen molar-refractivity contribution in [1.82, 2.24) is 9.55 Å². The Morgan fingerprint density at radius 3 is 1.51 bits per heavy atom. The lowest BCUT2D eigenvalue weighted by molar-refractivity contribution is 0.536. The van der Waals surface area contributed by atoms with E-state index in [1.54, 1.807) is 0 Å². The summed E-state index contributed by atoms with van der Waals surface area (Å²) in [6.07, 6.45) is 0. The van der Waals surface area contributed by atoms with Gasteiger partial charge in [-0.3, -0.25) is 4.57 Å². The number of hydrogen-bond acceptors (Lipinski definition) is 3. The number of hydrogen-bond donors (Lipinski definition) is 0. The third kappa shape index (κ3) is 5.19. The smallest absolute Gasteiger partial charge is 0.181 e. The van der Waals surface area contributed by atoms with Gasteiger partial charge < -0.3 is 8.83 Å². The summed E-state index contributed by atoms with van der Waals surface area (Å²) in [6, 6.07) is 67.9. The first-order valence-electron chi connectivity index (χ1n) is 18.5. The number of para-hydroxylation sites is 1. The van der Waals surface area contributed by atoms with Gasteiger partial charge >= 0.3 is 0 Å². The molecule has 3 heterocycles. The molecule has 0 aliphatic carbocycles. The van der Waals surface area contributed by atoms with Crippen molar-refractivity contribution >= 4 is 43.4 Å². The first-order valence-corrected chi connectivity index (χ1v) is 18.5. The number of imidazole rings is 1. The molecule has 0 bridgehead atoms. The van der Waals surface area contributed by atoms with Crippen molar-refractivity contribution in [2.45, 2.75) is 0 Å². The average Bonchev–Trinajstić information content (AvgIpc) is 4.03. The highest BCUT2D eigenvalue weighted by atomic mass is 16.4. The van der Waals surface area contributed by atoms with Crippen LogP contribution in [0, 0.1) is 0 Å². The zero-order valence-electron chi connectivity index (χ0n) is 29.7. The number of rotatable bonds is 6. The van der Waals surface area contributed by atoms with Crippen LogP contribution in [0.1, 0.15) is 0 Å². The van der Waals surface area contributed by atoms with E-state index in [0.29, 0.717) is 23.1 Å². The van der Waals surface area contributed by atoms with Crippen LogP contribution in [0.2, 0.25) is 0 Å². The highest BCUT2D eigenvalue weighted by molar-refractivity contribution is 6.21. The summed E-state index contributed by atoms with van der Waals surface area (Å²) < 4.78 is 15.3. The monoisotopic (exact) mass is 704 g/mol. The minimum atomic E-state index is 0.638. The minimum absolute atomic E-state index is 0.638. The maximum Gasteiger partial charge on any atom is 0.181 e. The zero-order valence-corrected chi connectivity index (χ0v) is 29.7. The lowest BCUT2D eigenvalue weighted by atomic mass is 9.89. The molecule has 0 saturated carbocycles. The highest BCUT2D eigenvalue weighted by Crippen LogP contribution is 2.47. The Morgan fingerprint density at radius 2 is 0.855 bits per heavy atom. The predicted octanol–water partition coefficient (Wildman–Crippen LogP) is 14.0. The van der Waals surface area contributed by atoms with Gasteiger partial charge in [-0.15, -0.1) is 0 Å². The summed E-state index contributed by atoms with van der Waals surface area (Å²) in [5, 5.41) is 7.07. The van der Waals surface area contributed by atoms with Gasteiger partial charge in [-0.1, -0.05) is 146 Å². The molecule has 11 aromatic rings. The molecular weight excluding hydrogens is 673 g/mol. The van der Waals surface area contributed by atoms with E-state index < -0.39 is 0 Å². The summed E-state index contributed by atoms with van der Waals surface area (Å²) >= 11 is 0. The third-order valence-electron chi connectivity index (χ3n) is 10.6. The van der Waals surface area contributed by atoms with Crippen LogP contribution in [0.3, 0.4) is 0 Å². The van der Waals surface area contributed by atoms with Gasteiger partial charge in [0, 0.05) is 22.4 Å². The molecule has 0 N–H and O–H groups in total. The van der Waals surface area contributed by atoms with Crippen molar-refractivity contribution in [3.8, 4) is 62.4 Å². The van der Waals surface area contributed by atoms with Crippen molar-refractivity contribution < 1.29 is 8.83 Å². The Kier molecular flexibility index (Phi) is 7.14. The molecule has 0 unspecified atom stereocenters. The van der Waals surface area contributed by atoms with Crippen LogP contribution in [-0.4, -0.2) is 9.55 Å². The number of furan rings is 2. The fourth-order valence-corrected chi connectivity index (χ4v) is 8.09. The summed E-state index contributed by atoms with van der Waals surface area (Å²) in [6.45, 7) is 0. The maximum atomic E-state index is 6.72. The topological polar surface area (TPSA) is 44.1 Å². The van der Waals surface area contributed by atoms with E-state index >= 15 is 0 Å². The molecule has 0 amide bonds. The molecule has 0 saturated heterocycles. The number of fused-ring (bicyclic) bond motifs is 4. The van der Waals surface area contributed by atoms with E-state index in [1.807, 2.05) is 54.6 Å². The molecule has 0 spiro atoms. The molecule has 0 fully saturated rings. The number of nitrogens with zero attached hydrogens (tertiary/aromatic N) is 2. The summed E-state index contributed by atoms with van der Waals surface area (Å²) in [5.74, 6) is 3.44. The van der Waals surface area contributed by atoms with Crippen molar-refractivity contribution in [2.24, 2.45) is 0 Å². The highest BCUT2D eigenvalue weighted by Gasteiger charge is 2.27. The van der Waals surface area contributed by atoms with Gasteiger partial charge in [-0.2, -0.15) is 0 Å². The molecule has 0 radical (unpaired) electrons. The Balaban J connectivity index is 1.23. The summed E-state index contributed by atoms with van der Waals surface area (Å²) in [4.78, 5) is 5.61. The zero-order chi connectivity index (χ0) is 36.3. The van der Waals surface area contributed by atoms with Gasteiger partial charge in [0.05, 0.1) is 11.0 Å². The molecular formula is C51H32N2O2. The normalized spacial score (nSPS) is 11.6. The first kappa shape index (κ1) is 31.1. The van der Waals surface area contributed by atoms with Crippen molar-refractivity contribution in [2.75, 3.05) is 0 Å². The van der Waals surface area contributed by atoms with Crippen LogP contribution in [-0.2, 0) is 0 Å². The minimum Gasteiger partial charge on any atom is -0.453 e. The molecule has 4 nitrogen and oxygen atoms in total. The summed E-state index contributed by atoms with van der Waals surface area (Å²) in [7, 11) is 0. The number of benzene rings is 8. The molecule has 3 aromatic heterocycles. The third-order valence-corrected chi connectivity index (χ3v) is 10.6. The Hall–Kier alpha value is -7.43. The lowest BCUT2D eigenvalue weighted by Gasteiger charge is -2.18. The van der Waals surface area contributed by atoms with Crippen molar-refractivity contribution in [1.29, 1.82) is 0 Å². The van der Waals surface area contributed by atoms with Crippen LogP contribution in [0.5, 0.6) is 0 Å². The van der Waals surface area contributed by atoms with E-state index in [0.717, 1.165) is 61.1 Å². The van der Waals surface area contributed by atoms with Gasteiger partial charge in [-0.05, 0) is 92.0 Å². The SMILES string of the molecule is c1ccc(-c2ccc(-c3ccc(-c4nc5c(-c6ccc7ccccc7c6)c6ccccc6c(-c6ccc7ccccc7c6)c5n4-c4ccccc4)o3)o2)cc1. The summed E-state index contributed by atoms with van der Waals surface area (Å²) in [5.41, 5.74) is 8.36. The van der Waals surface area contributed by atoms with Crippen molar-refractivity contribution in [3.05, 3.63) is 194 Å². The van der Waals surface area contributed by atoms with E-state index in [4.69, 9.17) is 13.8 Å². The van der Waals surface area contributed by atoms with Crippen LogP contribution < -0.4 is 0 Å². The molecule has 11 rings (SSSR count). The first-order chi connectivity index (χ1) is 27.3. The number of aromatic nitrogens is 2. The molecule has 0 aliphatic rings. The Morgan fingerprint density at radius 1 is 0.364 bits per heavy atom. The quantitative estimate of drug-likeness (QED) is 0.173. The fraction of sp³-hybridized carbons (Fsp3) is 0. The molecule has 0 aliphatic heterocycles. The molecule has 55 heavy (non-hydrogen) atoms. The molecule has 8 aromatic carbocycles. The lowest BCUT2D eigenvalue weighted by Crippen LogP contribution is -1.99. The van der Waals surface area contributed by atoms with Gasteiger partial charge in [0.25, 0.3) is 0 Å². The predicted molar refractivity (Wildman–Crippen MR) is 225 cm³/mol. The molecule has 0 atom stereocenters. The van der Waals surface area contributed by atoms with Gasteiger partial charge in [-0.25, -0.2) is 4.98 Å². The maximum absolute atomic E-state index is 6.72. The standard InChI is InChI=1S/C51H32N2O2/c1-3-15-35(16-4-1)43-27-28-44(54-43)45-29-30-46(55-45)51-52-49-47(38-25-23-33-13-7-9-17-36(33)31-38)41-21-11-12-22-42(41)48(50(49)53(51)40-19-5-2-6-20-40)39-26-24-34-14-8-10-18-37(34)32-39/h1-32H. The van der Waals surface area contributed by atoms with E-state index in [9.17, 15) is 0 Å². The van der Waals surface area contributed by atoms with Crippen molar-refractivity contribution in [3.63, 3.8) is 0 Å². The van der Waals surface area contributed by atoms with Crippen LogP contribution in [0.15, 0.2) is 203 Å². The van der Waals surface area contributed by atoms with Gasteiger partial charge in [0.1, 0.15) is 5.76 Å². The van der Waals surface area contributed by atoms with E-state index in [2.05, 4.69) is 144 Å². The second kappa shape index (κ2) is 12.6. The van der Waals surface area contributed by atoms with E-state index in [1.165, 1.54) is 21.5 Å². The average molecular weight is 705 g/mol. The Bertz CT molecular complexity index is 3200. The second-order valence-corrected chi connectivity index (χ2v) is 13.9. The van der Waals surface area contributed by atoms with Gasteiger partial charge in [0.2, 0.25) is 0 Å². The second-order valence-electron chi connectivity index (χ2n) is 13.9. The Labute approximate surface area is 317 Å². The van der Waals surface area contributed by atoms with Gasteiger partial charge in [0.15, 0.2) is 23.1 Å².